The van der Waals surface area contributed by atoms with Crippen LogP contribution < -0.4 is 14.4 Å². The number of carbonyl (C=O) groups excluding carboxylic acids is 1. The minimum Gasteiger partial charge on any atom is -0.490 e. The fourth-order valence-corrected chi connectivity index (χ4v) is 3.84. The van der Waals surface area contributed by atoms with Crippen LogP contribution in [-0.4, -0.2) is 19.1 Å². The van der Waals surface area contributed by atoms with Gasteiger partial charge in [-0.05, 0) is 49.8 Å². The van der Waals surface area contributed by atoms with Gasteiger partial charge in [0.1, 0.15) is 6.61 Å². The van der Waals surface area contributed by atoms with Crippen molar-refractivity contribution < 1.29 is 14.3 Å². The van der Waals surface area contributed by atoms with E-state index in [0.29, 0.717) is 35.8 Å². The molecular formula is C27H24N2O3. The summed E-state index contributed by atoms with van der Waals surface area (Å²) in [6.45, 7) is 5.25. The second-order valence-corrected chi connectivity index (χ2v) is 7.32. The molecule has 160 valence electrons. The zero-order valence-electron chi connectivity index (χ0n) is 18.2. The first-order valence-corrected chi connectivity index (χ1v) is 10.7. The lowest BCUT2D eigenvalue weighted by Gasteiger charge is -2.14. The van der Waals surface area contributed by atoms with Gasteiger partial charge in [0.25, 0.3) is 5.91 Å². The monoisotopic (exact) mass is 424 g/mol. The highest BCUT2D eigenvalue weighted by Crippen LogP contribution is 2.38. The Labute approximate surface area is 188 Å². The Bertz CT molecular complexity index is 1220. The number of hydrogen-bond acceptors (Lipinski definition) is 4. The Balaban J connectivity index is 1.64. The van der Waals surface area contributed by atoms with Crippen molar-refractivity contribution in [1.29, 1.82) is 5.26 Å². The quantitative estimate of drug-likeness (QED) is 0.474. The second-order valence-electron chi connectivity index (χ2n) is 7.32. The van der Waals surface area contributed by atoms with Crippen LogP contribution in [0.15, 0.2) is 66.7 Å². The van der Waals surface area contributed by atoms with E-state index in [1.165, 1.54) is 0 Å². The van der Waals surface area contributed by atoms with Crippen LogP contribution >= 0.6 is 0 Å². The number of amides is 1. The van der Waals surface area contributed by atoms with Crippen molar-refractivity contribution >= 4 is 23.2 Å². The lowest BCUT2D eigenvalue weighted by Crippen LogP contribution is -2.25. The molecule has 0 fully saturated rings. The highest BCUT2D eigenvalue weighted by Gasteiger charge is 2.30. The number of benzene rings is 3. The summed E-state index contributed by atoms with van der Waals surface area (Å²) < 4.78 is 11.8. The fraction of sp³-hybridized carbons (Fsp3) is 0.185. The SMILES string of the molecule is CCOc1cc(/C=C2\C(=O)N(CC)c3ccccc32)ccc1OCc1ccccc1C#N. The summed E-state index contributed by atoms with van der Waals surface area (Å²) in [7, 11) is 0. The fourth-order valence-electron chi connectivity index (χ4n) is 3.84. The molecule has 3 aromatic rings. The van der Waals surface area contributed by atoms with Gasteiger partial charge < -0.3 is 14.4 Å². The highest BCUT2D eigenvalue weighted by atomic mass is 16.5. The maximum Gasteiger partial charge on any atom is 0.258 e. The number of rotatable bonds is 7. The van der Waals surface area contributed by atoms with Gasteiger partial charge in [0.05, 0.1) is 23.9 Å². The third-order valence-corrected chi connectivity index (χ3v) is 5.38. The van der Waals surface area contributed by atoms with Gasteiger partial charge >= 0.3 is 0 Å². The minimum atomic E-state index is 0.0000897. The van der Waals surface area contributed by atoms with E-state index in [-0.39, 0.29) is 12.5 Å². The predicted molar refractivity (Wildman–Crippen MR) is 125 cm³/mol. The van der Waals surface area contributed by atoms with Gasteiger partial charge in [-0.3, -0.25) is 4.79 Å². The van der Waals surface area contributed by atoms with Crippen LogP contribution in [0, 0.1) is 11.3 Å². The van der Waals surface area contributed by atoms with Crippen LogP contribution in [0.2, 0.25) is 0 Å². The number of para-hydroxylation sites is 1. The van der Waals surface area contributed by atoms with Gasteiger partial charge in [0.2, 0.25) is 0 Å². The lowest BCUT2D eigenvalue weighted by atomic mass is 10.0. The second kappa shape index (κ2) is 9.40. The van der Waals surface area contributed by atoms with E-state index in [2.05, 4.69) is 6.07 Å². The van der Waals surface area contributed by atoms with Crippen molar-refractivity contribution in [1.82, 2.24) is 0 Å². The standard InChI is InChI=1S/C27H24N2O3/c1-3-29-24-12-8-7-11-22(24)23(27(29)30)15-19-13-14-25(26(16-19)31-4-2)32-18-21-10-6-5-9-20(21)17-28/h5-16H,3-4,18H2,1-2H3/b23-15-. The molecule has 0 aromatic heterocycles. The normalized spacial score (nSPS) is 13.7. The molecule has 32 heavy (non-hydrogen) atoms. The largest absolute Gasteiger partial charge is 0.490 e. The molecule has 0 radical (unpaired) electrons. The summed E-state index contributed by atoms with van der Waals surface area (Å²) in [5.41, 5.74) is 4.80. The molecule has 0 saturated heterocycles. The smallest absolute Gasteiger partial charge is 0.258 e. The van der Waals surface area contributed by atoms with Crippen molar-refractivity contribution in [2.45, 2.75) is 20.5 Å². The number of hydrogen-bond donors (Lipinski definition) is 0. The number of likely N-dealkylation sites (N-methyl/N-ethyl adjacent to an activating group) is 1. The van der Waals surface area contributed by atoms with Crippen molar-refractivity contribution in [3.05, 3.63) is 89.0 Å². The van der Waals surface area contributed by atoms with Gasteiger partial charge in [0.15, 0.2) is 11.5 Å². The van der Waals surface area contributed by atoms with E-state index in [1.807, 2.05) is 80.6 Å². The number of nitriles is 1. The Morgan fingerprint density at radius 1 is 0.969 bits per heavy atom. The first kappa shape index (κ1) is 21.2. The van der Waals surface area contributed by atoms with E-state index >= 15 is 0 Å². The zero-order valence-corrected chi connectivity index (χ0v) is 18.2. The van der Waals surface area contributed by atoms with Crippen molar-refractivity contribution in [2.24, 2.45) is 0 Å². The summed E-state index contributed by atoms with van der Waals surface area (Å²) in [5.74, 6) is 1.19. The molecule has 0 saturated carbocycles. The number of anilines is 1. The Hall–Kier alpha value is -4.04. The molecule has 1 aliphatic heterocycles. The van der Waals surface area contributed by atoms with E-state index in [9.17, 15) is 10.1 Å². The van der Waals surface area contributed by atoms with Crippen molar-refractivity contribution in [3.8, 4) is 17.6 Å². The highest BCUT2D eigenvalue weighted by molar-refractivity contribution is 6.35. The van der Waals surface area contributed by atoms with Crippen LogP contribution in [0.5, 0.6) is 11.5 Å². The Morgan fingerprint density at radius 3 is 2.53 bits per heavy atom. The molecule has 0 aliphatic carbocycles. The molecule has 5 nitrogen and oxygen atoms in total. The summed E-state index contributed by atoms with van der Waals surface area (Å²) >= 11 is 0. The van der Waals surface area contributed by atoms with Crippen LogP contribution in [0.25, 0.3) is 11.6 Å². The number of fused-ring (bicyclic) bond motifs is 1. The maximum absolute atomic E-state index is 13.0. The summed E-state index contributed by atoms with van der Waals surface area (Å²) in [6, 6.07) is 23.0. The van der Waals surface area contributed by atoms with Crippen LogP contribution in [-0.2, 0) is 11.4 Å². The zero-order chi connectivity index (χ0) is 22.5. The molecule has 1 amide bonds. The van der Waals surface area contributed by atoms with Gasteiger partial charge in [-0.15, -0.1) is 0 Å². The lowest BCUT2D eigenvalue weighted by molar-refractivity contribution is -0.112. The van der Waals surface area contributed by atoms with Crippen molar-refractivity contribution in [3.63, 3.8) is 0 Å². The van der Waals surface area contributed by atoms with E-state index in [4.69, 9.17) is 9.47 Å². The molecule has 4 rings (SSSR count). The van der Waals surface area contributed by atoms with Gasteiger partial charge in [-0.2, -0.15) is 5.26 Å². The van der Waals surface area contributed by atoms with E-state index in [1.54, 1.807) is 11.0 Å². The Morgan fingerprint density at radius 2 is 1.75 bits per heavy atom. The maximum atomic E-state index is 13.0. The van der Waals surface area contributed by atoms with Gasteiger partial charge in [-0.1, -0.05) is 42.5 Å². The molecule has 1 aliphatic rings. The first-order valence-electron chi connectivity index (χ1n) is 10.7. The minimum absolute atomic E-state index is 0.0000897. The molecule has 0 unspecified atom stereocenters. The summed E-state index contributed by atoms with van der Waals surface area (Å²) in [4.78, 5) is 14.8. The number of nitrogens with zero attached hydrogens (tertiary/aromatic N) is 2. The third kappa shape index (κ3) is 4.08. The van der Waals surface area contributed by atoms with Crippen molar-refractivity contribution in [2.75, 3.05) is 18.1 Å². The number of ether oxygens (including phenoxy) is 2. The molecule has 3 aromatic carbocycles. The molecule has 1 heterocycles. The van der Waals surface area contributed by atoms with Crippen LogP contribution in [0.3, 0.4) is 0 Å². The molecule has 0 spiro atoms. The third-order valence-electron chi connectivity index (χ3n) is 5.38. The van der Waals surface area contributed by atoms with E-state index in [0.717, 1.165) is 22.4 Å². The topological polar surface area (TPSA) is 62.6 Å². The average molecular weight is 425 g/mol. The molecule has 0 N–H and O–H groups in total. The number of carbonyl (C=O) groups is 1. The molecule has 5 heteroatoms. The Kier molecular flexibility index (Phi) is 6.23. The van der Waals surface area contributed by atoms with Gasteiger partial charge in [-0.25, -0.2) is 0 Å². The van der Waals surface area contributed by atoms with E-state index < -0.39 is 0 Å². The summed E-state index contributed by atoms with van der Waals surface area (Å²) in [6.07, 6.45) is 1.90. The van der Waals surface area contributed by atoms with Gasteiger partial charge in [0, 0.05) is 23.2 Å². The molecular weight excluding hydrogens is 400 g/mol. The molecule has 0 atom stereocenters. The summed E-state index contributed by atoms with van der Waals surface area (Å²) in [5, 5.41) is 9.29. The first-order chi connectivity index (χ1) is 15.7. The van der Waals surface area contributed by atoms with Crippen LogP contribution in [0.1, 0.15) is 36.1 Å². The van der Waals surface area contributed by atoms with Crippen LogP contribution in [0.4, 0.5) is 5.69 Å². The predicted octanol–water partition coefficient (Wildman–Crippen LogP) is 5.44. The molecule has 0 bridgehead atoms. The average Bonchev–Trinajstić information content (AvgIpc) is 3.09.